The highest BCUT2D eigenvalue weighted by Gasteiger charge is 2.59. The highest BCUT2D eigenvalue weighted by Crippen LogP contribution is 2.69. The number of fused-ring (bicyclic) bond motifs is 1. The molecule has 2 fully saturated rings. The van der Waals surface area contributed by atoms with Gasteiger partial charge in [-0.25, -0.2) is 0 Å². The average Bonchev–Trinajstić information content (AvgIpc) is 3.05. The molecule has 120 valence electrons. The molecule has 0 amide bonds. The van der Waals surface area contributed by atoms with Crippen LogP contribution >= 0.6 is 0 Å². The largest absolute Gasteiger partial charge is 0.386 e. The summed E-state index contributed by atoms with van der Waals surface area (Å²) >= 11 is 0. The van der Waals surface area contributed by atoms with Crippen molar-refractivity contribution in [2.45, 2.75) is 72.3 Å². The summed E-state index contributed by atoms with van der Waals surface area (Å²) in [7, 11) is 0. The first-order valence-electron chi connectivity index (χ1n) is 8.31. The standard InChI is InChI=1S/C10H18O.C10H16/c1-5-10(4,11)8-6-7-9(2)3;1-7(2)10-5-4-8(3)9(10)6-10/h5,7,11H,1,6,8H2,2-4H3;7,9H,3-6H2,1-2H3. The van der Waals surface area contributed by atoms with E-state index < -0.39 is 5.60 Å². The summed E-state index contributed by atoms with van der Waals surface area (Å²) in [6, 6.07) is 0. The lowest BCUT2D eigenvalue weighted by Gasteiger charge is -2.16. The molecule has 0 radical (unpaired) electrons. The van der Waals surface area contributed by atoms with Crippen LogP contribution in [0.3, 0.4) is 0 Å². The second-order valence-electron chi connectivity index (χ2n) is 7.68. The van der Waals surface area contributed by atoms with Gasteiger partial charge in [0.2, 0.25) is 0 Å². The zero-order chi connectivity index (χ0) is 16.3. The van der Waals surface area contributed by atoms with Gasteiger partial charge < -0.3 is 5.11 Å². The smallest absolute Gasteiger partial charge is 0.0800 e. The highest BCUT2D eigenvalue weighted by molar-refractivity contribution is 5.26. The van der Waals surface area contributed by atoms with Crippen LogP contribution in [0.15, 0.2) is 36.5 Å². The van der Waals surface area contributed by atoms with Gasteiger partial charge in [-0.2, -0.15) is 0 Å². The summed E-state index contributed by atoms with van der Waals surface area (Å²) in [5, 5.41) is 9.49. The summed E-state index contributed by atoms with van der Waals surface area (Å²) in [6.07, 6.45) is 9.56. The molecule has 0 spiro atoms. The fourth-order valence-corrected chi connectivity index (χ4v) is 3.40. The number of allylic oxidation sites excluding steroid dienone is 3. The van der Waals surface area contributed by atoms with Crippen molar-refractivity contribution in [3.63, 3.8) is 0 Å². The topological polar surface area (TPSA) is 20.2 Å². The lowest BCUT2D eigenvalue weighted by atomic mass is 9.90. The Kier molecular flexibility index (Phi) is 6.04. The van der Waals surface area contributed by atoms with Crippen molar-refractivity contribution in [1.82, 2.24) is 0 Å². The number of rotatable bonds is 5. The van der Waals surface area contributed by atoms with Crippen LogP contribution < -0.4 is 0 Å². The van der Waals surface area contributed by atoms with Gasteiger partial charge in [0.15, 0.2) is 0 Å². The van der Waals surface area contributed by atoms with Gasteiger partial charge in [0.1, 0.15) is 0 Å². The Balaban J connectivity index is 0.000000210. The fourth-order valence-electron chi connectivity index (χ4n) is 3.40. The van der Waals surface area contributed by atoms with Gasteiger partial charge in [-0.3, -0.25) is 0 Å². The molecule has 2 rings (SSSR count). The van der Waals surface area contributed by atoms with Gasteiger partial charge in [0.25, 0.3) is 0 Å². The van der Waals surface area contributed by atoms with Gasteiger partial charge >= 0.3 is 0 Å². The van der Waals surface area contributed by atoms with Crippen LogP contribution in [0.5, 0.6) is 0 Å². The Labute approximate surface area is 131 Å². The second kappa shape index (κ2) is 6.96. The molecule has 0 aliphatic heterocycles. The summed E-state index contributed by atoms with van der Waals surface area (Å²) < 4.78 is 0. The Morgan fingerprint density at radius 1 is 1.48 bits per heavy atom. The van der Waals surface area contributed by atoms with Crippen molar-refractivity contribution in [2.75, 3.05) is 0 Å². The normalized spacial score (nSPS) is 29.1. The van der Waals surface area contributed by atoms with Crippen LogP contribution in [0.1, 0.15) is 66.7 Å². The van der Waals surface area contributed by atoms with Crippen molar-refractivity contribution in [1.29, 1.82) is 0 Å². The van der Waals surface area contributed by atoms with Crippen LogP contribution in [-0.4, -0.2) is 10.7 Å². The quantitative estimate of drug-likeness (QED) is 0.647. The summed E-state index contributed by atoms with van der Waals surface area (Å²) in [6.45, 7) is 18.3. The van der Waals surface area contributed by atoms with Gasteiger partial charge in [-0.05, 0) is 70.1 Å². The molecule has 0 aromatic rings. The van der Waals surface area contributed by atoms with E-state index in [-0.39, 0.29) is 0 Å². The van der Waals surface area contributed by atoms with Crippen LogP contribution in [0.4, 0.5) is 0 Å². The average molecular weight is 290 g/mol. The molecule has 2 aliphatic carbocycles. The molecule has 3 atom stereocenters. The molecule has 0 saturated heterocycles. The molecule has 21 heavy (non-hydrogen) atoms. The van der Waals surface area contributed by atoms with E-state index in [0.717, 1.165) is 30.1 Å². The van der Waals surface area contributed by atoms with Crippen molar-refractivity contribution >= 4 is 0 Å². The Bertz CT molecular complexity index is 410. The minimum Gasteiger partial charge on any atom is -0.386 e. The molecular weight excluding hydrogens is 256 g/mol. The lowest BCUT2D eigenvalue weighted by molar-refractivity contribution is 0.103. The van der Waals surface area contributed by atoms with E-state index in [1.807, 2.05) is 0 Å². The summed E-state index contributed by atoms with van der Waals surface area (Å²) in [4.78, 5) is 0. The Hall–Kier alpha value is -0.820. The van der Waals surface area contributed by atoms with E-state index >= 15 is 0 Å². The first kappa shape index (κ1) is 18.2. The predicted molar refractivity (Wildman–Crippen MR) is 93.2 cm³/mol. The Morgan fingerprint density at radius 3 is 2.38 bits per heavy atom. The van der Waals surface area contributed by atoms with Crippen molar-refractivity contribution < 1.29 is 5.11 Å². The molecule has 3 unspecified atom stereocenters. The number of hydrogen-bond acceptors (Lipinski definition) is 1. The van der Waals surface area contributed by atoms with Gasteiger partial charge in [-0.1, -0.05) is 43.7 Å². The van der Waals surface area contributed by atoms with Crippen LogP contribution in [0.2, 0.25) is 0 Å². The maximum atomic E-state index is 9.49. The van der Waals surface area contributed by atoms with E-state index in [0.29, 0.717) is 0 Å². The zero-order valence-electron chi connectivity index (χ0n) is 14.7. The van der Waals surface area contributed by atoms with Crippen molar-refractivity contribution in [2.24, 2.45) is 17.3 Å². The molecule has 0 bridgehead atoms. The number of aliphatic hydroxyl groups is 1. The predicted octanol–water partition coefficient (Wildman–Crippen LogP) is 5.67. The van der Waals surface area contributed by atoms with E-state index in [1.54, 1.807) is 13.0 Å². The molecule has 2 saturated carbocycles. The molecular formula is C20H34O. The third-order valence-electron chi connectivity index (χ3n) is 5.32. The molecule has 0 aromatic heterocycles. The number of hydrogen-bond donors (Lipinski definition) is 1. The monoisotopic (exact) mass is 290 g/mol. The fraction of sp³-hybridized carbons (Fsp3) is 0.700. The van der Waals surface area contributed by atoms with Crippen LogP contribution in [0.25, 0.3) is 0 Å². The molecule has 1 N–H and O–H groups in total. The maximum Gasteiger partial charge on any atom is 0.0800 e. The van der Waals surface area contributed by atoms with Gasteiger partial charge in [0, 0.05) is 0 Å². The highest BCUT2D eigenvalue weighted by atomic mass is 16.3. The molecule has 0 heterocycles. The van der Waals surface area contributed by atoms with E-state index in [2.05, 4.69) is 46.9 Å². The summed E-state index contributed by atoms with van der Waals surface area (Å²) in [5.74, 6) is 1.81. The molecule has 0 aromatic carbocycles. The molecule has 1 heteroatoms. The summed E-state index contributed by atoms with van der Waals surface area (Å²) in [5.41, 5.74) is 2.86. The van der Waals surface area contributed by atoms with Crippen LogP contribution in [0, 0.1) is 17.3 Å². The van der Waals surface area contributed by atoms with E-state index in [1.165, 1.54) is 30.4 Å². The maximum absolute atomic E-state index is 9.49. The van der Waals surface area contributed by atoms with Crippen molar-refractivity contribution in [3.8, 4) is 0 Å². The SMILES string of the molecule is C=C1CCC2(C(C)C)CC12.C=CC(C)(O)CCC=C(C)C. The first-order valence-corrected chi connectivity index (χ1v) is 8.31. The first-order chi connectivity index (χ1) is 9.64. The molecule has 1 nitrogen and oxygen atoms in total. The third-order valence-corrected chi connectivity index (χ3v) is 5.32. The lowest BCUT2D eigenvalue weighted by Crippen LogP contribution is -2.19. The molecule has 2 aliphatic rings. The third kappa shape index (κ3) is 4.85. The van der Waals surface area contributed by atoms with E-state index in [4.69, 9.17) is 0 Å². The zero-order valence-corrected chi connectivity index (χ0v) is 14.7. The van der Waals surface area contributed by atoms with Crippen LogP contribution in [-0.2, 0) is 0 Å². The minimum absolute atomic E-state index is 0.702. The minimum atomic E-state index is -0.702. The van der Waals surface area contributed by atoms with Gasteiger partial charge in [-0.15, -0.1) is 6.58 Å². The second-order valence-corrected chi connectivity index (χ2v) is 7.68. The van der Waals surface area contributed by atoms with Crippen molar-refractivity contribution in [3.05, 3.63) is 36.5 Å². The Morgan fingerprint density at radius 2 is 2.10 bits per heavy atom. The van der Waals surface area contributed by atoms with Gasteiger partial charge in [0.05, 0.1) is 5.60 Å². The van der Waals surface area contributed by atoms with E-state index in [9.17, 15) is 5.11 Å².